The standard InChI is InChI=1S/C14H23NO4/c1-14(2,16)13(15-3)9-7-10(17-4)12(19-6)11(8-9)18-5/h7-8,13,15-16H,1-6H3. The molecule has 0 fully saturated rings. The van der Waals surface area contributed by atoms with Crippen LogP contribution in [0.3, 0.4) is 0 Å². The third-order valence-electron chi connectivity index (χ3n) is 3.02. The van der Waals surface area contributed by atoms with Crippen LogP contribution in [0.1, 0.15) is 25.5 Å². The number of hydrogen-bond acceptors (Lipinski definition) is 5. The zero-order valence-electron chi connectivity index (χ0n) is 12.4. The molecule has 19 heavy (non-hydrogen) atoms. The molecule has 2 N–H and O–H groups in total. The van der Waals surface area contributed by atoms with Gasteiger partial charge in [0.05, 0.1) is 33.0 Å². The van der Waals surface area contributed by atoms with Gasteiger partial charge in [-0.1, -0.05) is 0 Å². The lowest BCUT2D eigenvalue weighted by molar-refractivity contribution is 0.0399. The molecule has 0 spiro atoms. The molecular formula is C14H23NO4. The molecule has 0 aliphatic carbocycles. The first-order chi connectivity index (χ1) is 8.88. The molecule has 0 saturated heterocycles. The summed E-state index contributed by atoms with van der Waals surface area (Å²) in [6, 6.07) is 3.42. The first-order valence-electron chi connectivity index (χ1n) is 6.08. The summed E-state index contributed by atoms with van der Waals surface area (Å²) >= 11 is 0. The van der Waals surface area contributed by atoms with Crippen molar-refractivity contribution in [2.45, 2.75) is 25.5 Å². The molecule has 0 saturated carbocycles. The van der Waals surface area contributed by atoms with Crippen LogP contribution < -0.4 is 19.5 Å². The number of methoxy groups -OCH3 is 3. The molecule has 0 aliphatic heterocycles. The lowest BCUT2D eigenvalue weighted by atomic mass is 9.91. The second-order valence-electron chi connectivity index (χ2n) is 4.83. The van der Waals surface area contributed by atoms with Crippen molar-refractivity contribution in [1.82, 2.24) is 5.32 Å². The minimum atomic E-state index is -0.917. The van der Waals surface area contributed by atoms with Gasteiger partial charge in [-0.2, -0.15) is 0 Å². The molecule has 1 aromatic carbocycles. The summed E-state index contributed by atoms with van der Waals surface area (Å²) in [6.07, 6.45) is 0. The van der Waals surface area contributed by atoms with E-state index in [0.717, 1.165) is 5.56 Å². The summed E-state index contributed by atoms with van der Waals surface area (Å²) in [5, 5.41) is 13.3. The predicted octanol–water partition coefficient (Wildman–Crippen LogP) is 1.74. The van der Waals surface area contributed by atoms with Crippen LogP contribution in [0.2, 0.25) is 0 Å². The van der Waals surface area contributed by atoms with Gasteiger partial charge in [-0.05, 0) is 38.6 Å². The average molecular weight is 269 g/mol. The van der Waals surface area contributed by atoms with Gasteiger partial charge < -0.3 is 24.6 Å². The molecule has 5 heteroatoms. The molecule has 0 amide bonds. The average Bonchev–Trinajstić information content (AvgIpc) is 2.36. The van der Waals surface area contributed by atoms with E-state index in [1.807, 2.05) is 12.1 Å². The normalized spacial score (nSPS) is 13.0. The topological polar surface area (TPSA) is 60.0 Å². The third-order valence-corrected chi connectivity index (χ3v) is 3.02. The lowest BCUT2D eigenvalue weighted by Crippen LogP contribution is -2.37. The van der Waals surface area contributed by atoms with E-state index in [9.17, 15) is 5.11 Å². The smallest absolute Gasteiger partial charge is 0.203 e. The predicted molar refractivity (Wildman–Crippen MR) is 74.2 cm³/mol. The Hall–Kier alpha value is -1.46. The van der Waals surface area contributed by atoms with E-state index >= 15 is 0 Å². The number of hydrogen-bond donors (Lipinski definition) is 2. The Morgan fingerprint density at radius 3 is 1.79 bits per heavy atom. The Balaban J connectivity index is 3.37. The van der Waals surface area contributed by atoms with E-state index in [-0.39, 0.29) is 6.04 Å². The molecule has 0 heterocycles. The summed E-state index contributed by atoms with van der Waals surface area (Å²) in [7, 11) is 6.50. The van der Waals surface area contributed by atoms with E-state index in [1.54, 1.807) is 42.2 Å². The molecule has 0 bridgehead atoms. The highest BCUT2D eigenvalue weighted by Gasteiger charge is 2.29. The van der Waals surface area contributed by atoms with E-state index in [4.69, 9.17) is 14.2 Å². The maximum Gasteiger partial charge on any atom is 0.203 e. The zero-order valence-corrected chi connectivity index (χ0v) is 12.4. The Morgan fingerprint density at radius 1 is 1.05 bits per heavy atom. The van der Waals surface area contributed by atoms with Crippen LogP contribution in [-0.2, 0) is 0 Å². The van der Waals surface area contributed by atoms with Crippen LogP contribution in [0.4, 0.5) is 0 Å². The fraction of sp³-hybridized carbons (Fsp3) is 0.571. The number of benzene rings is 1. The zero-order chi connectivity index (χ0) is 14.6. The van der Waals surface area contributed by atoms with Gasteiger partial charge in [-0.15, -0.1) is 0 Å². The number of aliphatic hydroxyl groups is 1. The Kier molecular flexibility index (Phi) is 5.03. The van der Waals surface area contributed by atoms with Gasteiger partial charge in [-0.3, -0.25) is 0 Å². The monoisotopic (exact) mass is 269 g/mol. The molecule has 0 radical (unpaired) electrons. The second kappa shape index (κ2) is 6.12. The molecule has 1 rings (SSSR count). The van der Waals surface area contributed by atoms with Crippen LogP contribution in [-0.4, -0.2) is 39.1 Å². The number of rotatable bonds is 6. The van der Waals surface area contributed by atoms with E-state index in [2.05, 4.69) is 5.32 Å². The van der Waals surface area contributed by atoms with E-state index in [1.165, 1.54) is 0 Å². The van der Waals surface area contributed by atoms with Crippen LogP contribution in [0.25, 0.3) is 0 Å². The number of nitrogens with one attached hydrogen (secondary N) is 1. The Bertz CT molecular complexity index is 401. The highest BCUT2D eigenvalue weighted by atomic mass is 16.5. The van der Waals surface area contributed by atoms with Crippen LogP contribution in [0.15, 0.2) is 12.1 Å². The minimum Gasteiger partial charge on any atom is -0.493 e. The maximum absolute atomic E-state index is 10.2. The van der Waals surface area contributed by atoms with Crippen LogP contribution in [0, 0.1) is 0 Å². The highest BCUT2D eigenvalue weighted by Crippen LogP contribution is 2.41. The van der Waals surface area contributed by atoms with Crippen LogP contribution >= 0.6 is 0 Å². The fourth-order valence-electron chi connectivity index (χ4n) is 2.20. The van der Waals surface area contributed by atoms with Gasteiger partial charge in [0.25, 0.3) is 0 Å². The molecule has 5 nitrogen and oxygen atoms in total. The second-order valence-corrected chi connectivity index (χ2v) is 4.83. The first kappa shape index (κ1) is 15.6. The first-order valence-corrected chi connectivity index (χ1v) is 6.08. The summed E-state index contributed by atoms with van der Waals surface area (Å²) in [5.41, 5.74) is -0.0520. The minimum absolute atomic E-state index is 0.249. The van der Waals surface area contributed by atoms with Crippen molar-refractivity contribution >= 4 is 0 Å². The summed E-state index contributed by atoms with van der Waals surface area (Å²) < 4.78 is 15.9. The Labute approximate surface area is 114 Å². The maximum atomic E-state index is 10.2. The van der Waals surface area contributed by atoms with Crippen molar-refractivity contribution in [1.29, 1.82) is 0 Å². The van der Waals surface area contributed by atoms with Gasteiger partial charge in [-0.25, -0.2) is 0 Å². The summed E-state index contributed by atoms with van der Waals surface area (Å²) in [6.45, 7) is 3.49. The molecule has 1 atom stereocenters. The van der Waals surface area contributed by atoms with Gasteiger partial charge in [0.15, 0.2) is 11.5 Å². The number of likely N-dealkylation sites (N-methyl/N-ethyl adjacent to an activating group) is 1. The van der Waals surface area contributed by atoms with Crippen molar-refractivity contribution in [3.05, 3.63) is 17.7 Å². The molecular weight excluding hydrogens is 246 g/mol. The van der Waals surface area contributed by atoms with Gasteiger partial charge in [0.2, 0.25) is 5.75 Å². The van der Waals surface area contributed by atoms with Crippen molar-refractivity contribution in [3.8, 4) is 17.2 Å². The molecule has 0 aliphatic rings. The highest BCUT2D eigenvalue weighted by molar-refractivity contribution is 5.54. The Morgan fingerprint density at radius 2 is 1.53 bits per heavy atom. The summed E-state index contributed by atoms with van der Waals surface area (Å²) in [5.74, 6) is 1.68. The van der Waals surface area contributed by atoms with Crippen molar-refractivity contribution < 1.29 is 19.3 Å². The summed E-state index contributed by atoms with van der Waals surface area (Å²) in [4.78, 5) is 0. The third kappa shape index (κ3) is 3.30. The molecule has 0 aromatic heterocycles. The molecule has 1 unspecified atom stereocenters. The van der Waals surface area contributed by atoms with Gasteiger partial charge in [0, 0.05) is 0 Å². The van der Waals surface area contributed by atoms with Crippen molar-refractivity contribution in [2.24, 2.45) is 0 Å². The SMILES string of the molecule is CNC(c1cc(OC)c(OC)c(OC)c1)C(C)(C)O. The van der Waals surface area contributed by atoms with Crippen LogP contribution in [0.5, 0.6) is 17.2 Å². The quantitative estimate of drug-likeness (QED) is 0.824. The number of ether oxygens (including phenoxy) is 3. The largest absolute Gasteiger partial charge is 0.493 e. The van der Waals surface area contributed by atoms with Gasteiger partial charge in [0.1, 0.15) is 0 Å². The van der Waals surface area contributed by atoms with E-state index in [0.29, 0.717) is 17.2 Å². The van der Waals surface area contributed by atoms with Gasteiger partial charge >= 0.3 is 0 Å². The van der Waals surface area contributed by atoms with Crippen molar-refractivity contribution in [2.75, 3.05) is 28.4 Å². The lowest BCUT2D eigenvalue weighted by Gasteiger charge is -2.30. The molecule has 1 aromatic rings. The fourth-order valence-corrected chi connectivity index (χ4v) is 2.20. The van der Waals surface area contributed by atoms with Crippen molar-refractivity contribution in [3.63, 3.8) is 0 Å². The van der Waals surface area contributed by atoms with E-state index < -0.39 is 5.60 Å². The molecule has 108 valence electrons.